The topological polar surface area (TPSA) is 66.9 Å². The van der Waals surface area contributed by atoms with E-state index in [1.54, 1.807) is 12.1 Å². The maximum atomic E-state index is 11.9. The van der Waals surface area contributed by atoms with Gasteiger partial charge in [-0.05, 0) is 45.0 Å². The Kier molecular flexibility index (Phi) is 4.43. The van der Waals surface area contributed by atoms with Crippen LogP contribution in [0.15, 0.2) is 36.7 Å². The lowest BCUT2D eigenvalue weighted by Crippen LogP contribution is -2.40. The Hall–Kier alpha value is -2.14. The van der Waals surface area contributed by atoms with Crippen molar-refractivity contribution in [1.29, 1.82) is 0 Å². The number of hydrogen-bond donors (Lipinski definition) is 2. The Morgan fingerprint density at radius 2 is 1.67 bits per heavy atom. The summed E-state index contributed by atoms with van der Waals surface area (Å²) in [6.07, 6.45) is 2.98. The first-order chi connectivity index (χ1) is 9.83. The molecule has 0 aliphatic heterocycles. The second-order valence-electron chi connectivity index (χ2n) is 5.63. The van der Waals surface area contributed by atoms with Crippen LogP contribution in [0.5, 0.6) is 0 Å². The summed E-state index contributed by atoms with van der Waals surface area (Å²) >= 11 is 5.82. The van der Waals surface area contributed by atoms with Crippen LogP contribution in [0, 0.1) is 0 Å². The molecule has 2 aromatic rings. The van der Waals surface area contributed by atoms with Crippen molar-refractivity contribution in [3.8, 4) is 0 Å². The molecule has 1 aromatic heterocycles. The van der Waals surface area contributed by atoms with Crippen LogP contribution in [0.1, 0.15) is 31.1 Å². The number of carbonyl (C=O) groups excluding carboxylic acids is 1. The van der Waals surface area contributed by atoms with Gasteiger partial charge in [-0.3, -0.25) is 4.79 Å². The average molecular weight is 305 g/mol. The first kappa shape index (κ1) is 15.3. The van der Waals surface area contributed by atoms with Crippen LogP contribution < -0.4 is 10.6 Å². The lowest BCUT2D eigenvalue weighted by molar-refractivity contribution is 0.0919. The van der Waals surface area contributed by atoms with Gasteiger partial charge in [0.2, 0.25) is 5.95 Å². The van der Waals surface area contributed by atoms with Gasteiger partial charge in [-0.2, -0.15) is 0 Å². The van der Waals surface area contributed by atoms with Crippen molar-refractivity contribution in [2.24, 2.45) is 0 Å². The molecule has 5 nitrogen and oxygen atoms in total. The number of hydrogen-bond acceptors (Lipinski definition) is 4. The van der Waals surface area contributed by atoms with Crippen LogP contribution in [0.4, 0.5) is 11.6 Å². The van der Waals surface area contributed by atoms with E-state index in [0.717, 1.165) is 5.69 Å². The molecule has 110 valence electrons. The molecule has 0 saturated heterocycles. The van der Waals surface area contributed by atoms with Gasteiger partial charge in [-0.25, -0.2) is 9.97 Å². The SMILES string of the molecule is CC(C)(C)NC(=O)c1cnc(Nc2ccc(Cl)cc2)nc1. The van der Waals surface area contributed by atoms with E-state index in [2.05, 4.69) is 20.6 Å². The highest BCUT2D eigenvalue weighted by Crippen LogP contribution is 2.16. The van der Waals surface area contributed by atoms with E-state index in [4.69, 9.17) is 11.6 Å². The number of aromatic nitrogens is 2. The molecule has 1 amide bonds. The Morgan fingerprint density at radius 1 is 1.10 bits per heavy atom. The van der Waals surface area contributed by atoms with Gasteiger partial charge in [-0.15, -0.1) is 0 Å². The largest absolute Gasteiger partial charge is 0.347 e. The highest BCUT2D eigenvalue weighted by atomic mass is 35.5. The van der Waals surface area contributed by atoms with Crippen molar-refractivity contribution in [2.45, 2.75) is 26.3 Å². The maximum absolute atomic E-state index is 11.9. The van der Waals surface area contributed by atoms with Gasteiger partial charge >= 0.3 is 0 Å². The first-order valence-electron chi connectivity index (χ1n) is 6.51. The van der Waals surface area contributed by atoms with Gasteiger partial charge in [-0.1, -0.05) is 11.6 Å². The van der Waals surface area contributed by atoms with Crippen molar-refractivity contribution in [2.75, 3.05) is 5.32 Å². The summed E-state index contributed by atoms with van der Waals surface area (Å²) < 4.78 is 0. The molecular formula is C15H17ClN4O. The third kappa shape index (κ3) is 4.72. The Bertz CT molecular complexity index is 618. The molecule has 0 bridgehead atoms. The molecule has 0 aliphatic rings. The quantitative estimate of drug-likeness (QED) is 0.912. The Labute approximate surface area is 128 Å². The van der Waals surface area contributed by atoms with Crippen molar-refractivity contribution >= 4 is 29.1 Å². The minimum Gasteiger partial charge on any atom is -0.347 e. The third-order valence-corrected chi connectivity index (χ3v) is 2.75. The predicted octanol–water partition coefficient (Wildman–Crippen LogP) is 3.40. The lowest BCUT2D eigenvalue weighted by Gasteiger charge is -2.20. The van der Waals surface area contributed by atoms with E-state index >= 15 is 0 Å². The summed E-state index contributed by atoms with van der Waals surface area (Å²) in [5.74, 6) is 0.227. The highest BCUT2D eigenvalue weighted by molar-refractivity contribution is 6.30. The zero-order chi connectivity index (χ0) is 15.5. The molecule has 0 radical (unpaired) electrons. The van der Waals surface area contributed by atoms with Crippen molar-refractivity contribution in [3.05, 3.63) is 47.2 Å². The van der Waals surface area contributed by atoms with Crippen molar-refractivity contribution < 1.29 is 4.79 Å². The number of amides is 1. The molecule has 0 aliphatic carbocycles. The fourth-order valence-electron chi connectivity index (χ4n) is 1.58. The molecule has 0 unspecified atom stereocenters. The molecule has 1 aromatic carbocycles. The molecule has 2 rings (SSSR count). The third-order valence-electron chi connectivity index (χ3n) is 2.50. The normalized spacial score (nSPS) is 11.0. The molecular weight excluding hydrogens is 288 g/mol. The molecule has 21 heavy (non-hydrogen) atoms. The lowest BCUT2D eigenvalue weighted by atomic mass is 10.1. The number of anilines is 2. The second kappa shape index (κ2) is 6.10. The molecule has 0 saturated carbocycles. The summed E-state index contributed by atoms with van der Waals surface area (Å²) in [4.78, 5) is 20.2. The van der Waals surface area contributed by atoms with Gasteiger partial charge in [0.05, 0.1) is 5.56 Å². The van der Waals surface area contributed by atoms with E-state index in [0.29, 0.717) is 16.5 Å². The molecule has 6 heteroatoms. The van der Waals surface area contributed by atoms with Crippen LogP contribution >= 0.6 is 11.6 Å². The Morgan fingerprint density at radius 3 is 2.19 bits per heavy atom. The van der Waals surface area contributed by atoms with Gasteiger partial charge in [0.25, 0.3) is 5.91 Å². The smallest absolute Gasteiger partial charge is 0.254 e. The van der Waals surface area contributed by atoms with Gasteiger partial charge in [0, 0.05) is 28.6 Å². The van der Waals surface area contributed by atoms with Crippen LogP contribution in [-0.2, 0) is 0 Å². The van der Waals surface area contributed by atoms with Crippen LogP contribution in [0.25, 0.3) is 0 Å². The number of nitrogens with zero attached hydrogens (tertiary/aromatic N) is 2. The van der Waals surface area contributed by atoms with E-state index in [1.165, 1.54) is 12.4 Å². The summed E-state index contributed by atoms with van der Waals surface area (Å²) in [5, 5.41) is 6.55. The minimum atomic E-state index is -0.294. The highest BCUT2D eigenvalue weighted by Gasteiger charge is 2.15. The molecule has 0 spiro atoms. The molecule has 2 N–H and O–H groups in total. The number of benzene rings is 1. The molecule has 0 atom stereocenters. The van der Waals surface area contributed by atoms with Crippen LogP contribution in [0.2, 0.25) is 5.02 Å². The second-order valence-corrected chi connectivity index (χ2v) is 6.07. The predicted molar refractivity (Wildman–Crippen MR) is 84.0 cm³/mol. The summed E-state index contributed by atoms with van der Waals surface area (Å²) in [6.45, 7) is 5.76. The maximum Gasteiger partial charge on any atom is 0.254 e. The monoisotopic (exact) mass is 304 g/mol. The summed E-state index contributed by atoms with van der Waals surface area (Å²) in [7, 11) is 0. The summed E-state index contributed by atoms with van der Waals surface area (Å²) in [5.41, 5.74) is 0.954. The standard InChI is InChI=1S/C15H17ClN4O/c1-15(2,3)20-13(21)10-8-17-14(18-9-10)19-12-6-4-11(16)5-7-12/h4-9H,1-3H3,(H,20,21)(H,17,18,19). The van der Waals surface area contributed by atoms with Crippen molar-refractivity contribution in [1.82, 2.24) is 15.3 Å². The minimum absolute atomic E-state index is 0.194. The van der Waals surface area contributed by atoms with Crippen molar-refractivity contribution in [3.63, 3.8) is 0 Å². The van der Waals surface area contributed by atoms with Gasteiger partial charge in [0.1, 0.15) is 0 Å². The zero-order valence-corrected chi connectivity index (χ0v) is 12.9. The average Bonchev–Trinajstić information content (AvgIpc) is 2.40. The van der Waals surface area contributed by atoms with E-state index < -0.39 is 0 Å². The number of nitrogens with one attached hydrogen (secondary N) is 2. The van der Waals surface area contributed by atoms with Gasteiger partial charge < -0.3 is 10.6 Å². The Balaban J connectivity index is 2.05. The van der Waals surface area contributed by atoms with E-state index in [-0.39, 0.29) is 11.4 Å². The fourth-order valence-corrected chi connectivity index (χ4v) is 1.71. The molecule has 0 fully saturated rings. The van der Waals surface area contributed by atoms with Crippen LogP contribution in [0.3, 0.4) is 0 Å². The number of carbonyl (C=O) groups is 1. The van der Waals surface area contributed by atoms with Gasteiger partial charge in [0.15, 0.2) is 0 Å². The van der Waals surface area contributed by atoms with E-state index in [9.17, 15) is 4.79 Å². The summed E-state index contributed by atoms with van der Waals surface area (Å²) in [6, 6.07) is 7.20. The number of halogens is 1. The van der Waals surface area contributed by atoms with Crippen LogP contribution in [-0.4, -0.2) is 21.4 Å². The zero-order valence-electron chi connectivity index (χ0n) is 12.1. The molecule has 1 heterocycles. The fraction of sp³-hybridized carbons (Fsp3) is 0.267. The van der Waals surface area contributed by atoms with E-state index in [1.807, 2.05) is 32.9 Å². The first-order valence-corrected chi connectivity index (χ1v) is 6.88. The number of rotatable bonds is 3.